The van der Waals surface area contributed by atoms with Gasteiger partial charge in [0.1, 0.15) is 17.5 Å². The summed E-state index contributed by atoms with van der Waals surface area (Å²) >= 11 is 0. The first-order valence-corrected chi connectivity index (χ1v) is 9.11. The van der Waals surface area contributed by atoms with Gasteiger partial charge in [-0.1, -0.05) is 0 Å². The number of ether oxygens (including phenoxy) is 1. The van der Waals surface area contributed by atoms with Crippen LogP contribution in [0.3, 0.4) is 0 Å². The summed E-state index contributed by atoms with van der Waals surface area (Å²) in [5.41, 5.74) is 2.03. The first kappa shape index (κ1) is 18.0. The van der Waals surface area contributed by atoms with E-state index in [0.717, 1.165) is 0 Å². The summed E-state index contributed by atoms with van der Waals surface area (Å²) in [4.78, 5) is 6.07. The Morgan fingerprint density at radius 3 is 2.50 bits per heavy atom. The molecule has 0 unspecified atom stereocenters. The molecule has 120 valence electrons. The summed E-state index contributed by atoms with van der Waals surface area (Å²) in [6.07, 6.45) is 4.72. The molecule has 0 N–H and O–H groups in total. The van der Waals surface area contributed by atoms with Crippen LogP contribution in [-0.4, -0.2) is 48.7 Å². The molecular weight excluding hydrogens is 300 g/mol. The van der Waals surface area contributed by atoms with Crippen LogP contribution in [0.5, 0.6) is 5.75 Å². The zero-order chi connectivity index (χ0) is 16.9. The van der Waals surface area contributed by atoms with Gasteiger partial charge in [-0.25, -0.2) is 9.20 Å². The monoisotopic (exact) mass is 322 g/mol. The highest BCUT2D eigenvalue weighted by Gasteiger charge is 2.16. The van der Waals surface area contributed by atoms with Gasteiger partial charge in [-0.15, -0.1) is 0 Å². The molecule has 0 atom stereocenters. The first-order chi connectivity index (χ1) is 10.2. The normalized spacial score (nSPS) is 11.3. The molecule has 6 nitrogen and oxygen atoms in total. The Hall–Kier alpha value is -2.07. The zero-order valence-electron chi connectivity index (χ0n) is 13.9. The Balaban J connectivity index is 3.68. The van der Waals surface area contributed by atoms with Crippen LogP contribution in [0, 0.1) is 18.3 Å². The number of aliphatic imine (C=N–C) groups is 1. The van der Waals surface area contributed by atoms with Crippen molar-refractivity contribution >= 4 is 27.4 Å². The van der Waals surface area contributed by atoms with Crippen LogP contribution in [0.4, 0.5) is 11.4 Å². The fourth-order valence-electron chi connectivity index (χ4n) is 1.82. The Morgan fingerprint density at radius 2 is 2.05 bits per heavy atom. The van der Waals surface area contributed by atoms with Gasteiger partial charge in [-0.3, -0.25) is 0 Å². The lowest BCUT2D eigenvalue weighted by atomic mass is 10.1. The van der Waals surface area contributed by atoms with Gasteiger partial charge in [0, 0.05) is 41.9 Å². The standard InChI is InChI=1S/C15H22N4O2S/c1-7-21-15-11(2)12(9-16)13(17-10-19(3)4)8-14(15)18-22(5,6)20/h8,10H,7H2,1-6H3. The molecule has 0 amide bonds. The minimum Gasteiger partial charge on any atom is -0.491 e. The van der Waals surface area contributed by atoms with E-state index in [1.807, 2.05) is 21.0 Å². The Kier molecular flexibility index (Phi) is 5.94. The van der Waals surface area contributed by atoms with Crippen LogP contribution in [0.25, 0.3) is 0 Å². The third-order valence-corrected chi connectivity index (χ3v) is 3.26. The molecule has 1 rings (SSSR count). The van der Waals surface area contributed by atoms with Crippen LogP contribution < -0.4 is 4.74 Å². The van der Waals surface area contributed by atoms with Crippen molar-refractivity contribution in [2.24, 2.45) is 9.36 Å². The quantitative estimate of drug-likeness (QED) is 0.617. The van der Waals surface area contributed by atoms with E-state index >= 15 is 0 Å². The lowest BCUT2D eigenvalue weighted by Gasteiger charge is -2.14. The minimum atomic E-state index is -2.35. The maximum atomic E-state index is 12.0. The minimum absolute atomic E-state index is 0.430. The highest BCUT2D eigenvalue weighted by molar-refractivity contribution is 7.92. The summed E-state index contributed by atoms with van der Waals surface area (Å²) in [5, 5.41) is 9.40. The van der Waals surface area contributed by atoms with Gasteiger partial charge in [-0.2, -0.15) is 9.62 Å². The second-order valence-electron chi connectivity index (χ2n) is 5.27. The fraction of sp³-hybridized carbons (Fsp3) is 0.467. The molecule has 7 heteroatoms. The summed E-state index contributed by atoms with van der Waals surface area (Å²) < 4.78 is 21.9. The Labute approximate surface area is 132 Å². The second-order valence-corrected chi connectivity index (χ2v) is 7.81. The molecule has 0 aliphatic heterocycles. The SMILES string of the molecule is CCOc1c(N=S(C)(C)=O)cc(N=CN(C)C)c(C#N)c1C. The number of nitriles is 1. The summed E-state index contributed by atoms with van der Waals surface area (Å²) in [6.45, 7) is 4.07. The maximum Gasteiger partial charge on any atom is 0.150 e. The topological polar surface area (TPSA) is 78.0 Å². The zero-order valence-corrected chi connectivity index (χ0v) is 14.7. The number of hydrogen-bond donors (Lipinski definition) is 0. The van der Waals surface area contributed by atoms with Crippen molar-refractivity contribution < 1.29 is 8.95 Å². The maximum absolute atomic E-state index is 12.0. The fourth-order valence-corrected chi connectivity index (χ4v) is 2.43. The van der Waals surface area contributed by atoms with Crippen molar-refractivity contribution in [1.82, 2.24) is 4.90 Å². The molecule has 0 fully saturated rings. The lowest BCUT2D eigenvalue weighted by Crippen LogP contribution is -2.07. The van der Waals surface area contributed by atoms with E-state index in [4.69, 9.17) is 4.74 Å². The Bertz CT molecular complexity index is 731. The van der Waals surface area contributed by atoms with Gasteiger partial charge in [-0.05, 0) is 19.9 Å². The van der Waals surface area contributed by atoms with Crippen molar-refractivity contribution in [2.45, 2.75) is 13.8 Å². The lowest BCUT2D eigenvalue weighted by molar-refractivity contribution is 0.339. The summed E-state index contributed by atoms with van der Waals surface area (Å²) in [7, 11) is 1.33. The molecule has 1 aromatic rings. The van der Waals surface area contributed by atoms with Crippen molar-refractivity contribution in [3.05, 3.63) is 17.2 Å². The third kappa shape index (κ3) is 4.74. The number of benzene rings is 1. The molecule has 0 aromatic heterocycles. The van der Waals surface area contributed by atoms with E-state index in [0.29, 0.717) is 34.9 Å². The number of nitrogens with zero attached hydrogens (tertiary/aromatic N) is 4. The van der Waals surface area contributed by atoms with E-state index in [1.165, 1.54) is 0 Å². The highest BCUT2D eigenvalue weighted by atomic mass is 32.2. The molecule has 0 aliphatic carbocycles. The summed E-state index contributed by atoms with van der Waals surface area (Å²) in [6, 6.07) is 3.79. The molecular formula is C15H22N4O2S. The van der Waals surface area contributed by atoms with E-state index < -0.39 is 9.73 Å². The number of hydrogen-bond acceptors (Lipinski definition) is 5. The number of rotatable bonds is 5. The average molecular weight is 322 g/mol. The van der Waals surface area contributed by atoms with Crippen molar-refractivity contribution in [1.29, 1.82) is 5.26 Å². The molecule has 0 saturated carbocycles. The van der Waals surface area contributed by atoms with Crippen LogP contribution in [0.1, 0.15) is 18.1 Å². The predicted octanol–water partition coefficient (Wildman–Crippen LogP) is 2.85. The summed E-state index contributed by atoms with van der Waals surface area (Å²) in [5.74, 6) is 0.485. The largest absolute Gasteiger partial charge is 0.491 e. The predicted molar refractivity (Wildman–Crippen MR) is 91.0 cm³/mol. The van der Waals surface area contributed by atoms with Crippen molar-refractivity contribution in [2.75, 3.05) is 33.2 Å². The van der Waals surface area contributed by atoms with Crippen LogP contribution >= 0.6 is 0 Å². The molecule has 0 saturated heterocycles. The van der Waals surface area contributed by atoms with Gasteiger partial charge < -0.3 is 9.64 Å². The average Bonchev–Trinajstić information content (AvgIpc) is 2.39. The van der Waals surface area contributed by atoms with Crippen LogP contribution in [0.15, 0.2) is 15.4 Å². The molecule has 0 bridgehead atoms. The smallest absolute Gasteiger partial charge is 0.150 e. The van der Waals surface area contributed by atoms with Crippen LogP contribution in [0.2, 0.25) is 0 Å². The van der Waals surface area contributed by atoms with Gasteiger partial charge in [0.2, 0.25) is 0 Å². The van der Waals surface area contributed by atoms with Crippen molar-refractivity contribution in [3.63, 3.8) is 0 Å². The first-order valence-electron chi connectivity index (χ1n) is 6.77. The third-order valence-electron chi connectivity index (χ3n) is 2.62. The second kappa shape index (κ2) is 7.27. The molecule has 1 aromatic carbocycles. The Morgan fingerprint density at radius 1 is 1.41 bits per heavy atom. The van der Waals surface area contributed by atoms with E-state index in [-0.39, 0.29) is 0 Å². The van der Waals surface area contributed by atoms with E-state index in [2.05, 4.69) is 15.4 Å². The van der Waals surface area contributed by atoms with Gasteiger partial charge in [0.25, 0.3) is 0 Å². The van der Waals surface area contributed by atoms with E-state index in [9.17, 15) is 9.47 Å². The molecule has 0 radical (unpaired) electrons. The molecule has 0 aliphatic rings. The highest BCUT2D eigenvalue weighted by Crippen LogP contribution is 2.39. The molecule has 22 heavy (non-hydrogen) atoms. The molecule has 0 spiro atoms. The van der Waals surface area contributed by atoms with E-state index in [1.54, 1.807) is 36.7 Å². The van der Waals surface area contributed by atoms with Crippen LogP contribution in [-0.2, 0) is 9.73 Å². The van der Waals surface area contributed by atoms with Gasteiger partial charge in [0.15, 0.2) is 0 Å². The van der Waals surface area contributed by atoms with Crippen molar-refractivity contribution in [3.8, 4) is 11.8 Å². The van der Waals surface area contributed by atoms with Gasteiger partial charge >= 0.3 is 0 Å². The van der Waals surface area contributed by atoms with Gasteiger partial charge in [0.05, 0.1) is 24.2 Å². The molecule has 0 heterocycles.